The van der Waals surface area contributed by atoms with E-state index in [1.165, 1.54) is 18.0 Å². The summed E-state index contributed by atoms with van der Waals surface area (Å²) >= 11 is 4.65. The average molecular weight is 388 g/mol. The second kappa shape index (κ2) is 7.26. The van der Waals surface area contributed by atoms with Gasteiger partial charge < -0.3 is 14.8 Å². The Bertz CT molecular complexity index is 892. The summed E-state index contributed by atoms with van der Waals surface area (Å²) in [6.45, 7) is 0. The monoisotopic (exact) mass is 388 g/mol. The average Bonchev–Trinajstić information content (AvgIpc) is 3.40. The first kappa shape index (κ1) is 16.1. The maximum atomic E-state index is 12.0. The molecule has 1 amide bonds. The molecule has 0 unspecified atom stereocenters. The first-order chi connectivity index (χ1) is 12.3. The molecule has 0 fully saturated rings. The number of imidazole rings is 1. The maximum Gasteiger partial charge on any atom is 0.236 e. The minimum atomic E-state index is -0.161. The number of hydrogen-bond donors (Lipinski definition) is 2. The lowest BCUT2D eigenvalue weighted by atomic mass is 10.2. The van der Waals surface area contributed by atoms with Gasteiger partial charge in [-0.2, -0.15) is 0 Å². The number of amides is 1. The number of thioether (sulfide) groups is 1. The van der Waals surface area contributed by atoms with Crippen molar-refractivity contribution in [2.24, 2.45) is 0 Å². The summed E-state index contributed by atoms with van der Waals surface area (Å²) in [5, 5.41) is 11.1. The van der Waals surface area contributed by atoms with E-state index in [0.29, 0.717) is 11.0 Å². The van der Waals surface area contributed by atoms with Crippen LogP contribution < -0.4 is 5.32 Å². The highest BCUT2D eigenvalue weighted by Gasteiger charge is 2.17. The molecule has 4 aromatic heterocycles. The SMILES string of the molecule is O=C(CSc1nc(-c2cccs2)c(-c2cccs2)[nH]1)Nc1ccon1. The topological polar surface area (TPSA) is 83.8 Å². The Morgan fingerprint density at radius 2 is 2.00 bits per heavy atom. The van der Waals surface area contributed by atoms with Gasteiger partial charge in [0.2, 0.25) is 5.91 Å². The van der Waals surface area contributed by atoms with Crippen molar-refractivity contribution in [2.45, 2.75) is 5.16 Å². The van der Waals surface area contributed by atoms with Crippen molar-refractivity contribution >= 4 is 46.2 Å². The number of carbonyl (C=O) groups is 1. The molecule has 0 aliphatic heterocycles. The summed E-state index contributed by atoms with van der Waals surface area (Å²) in [6.07, 6.45) is 1.41. The molecule has 0 saturated carbocycles. The van der Waals surface area contributed by atoms with Crippen molar-refractivity contribution in [3.63, 3.8) is 0 Å². The molecule has 126 valence electrons. The summed E-state index contributed by atoms with van der Waals surface area (Å²) in [5.74, 6) is 0.475. The van der Waals surface area contributed by atoms with Crippen molar-refractivity contribution in [1.82, 2.24) is 15.1 Å². The maximum absolute atomic E-state index is 12.0. The van der Waals surface area contributed by atoms with Crippen LogP contribution in [0.4, 0.5) is 5.82 Å². The molecule has 0 atom stereocenters. The van der Waals surface area contributed by atoms with Gasteiger partial charge in [0.05, 0.1) is 21.2 Å². The normalized spacial score (nSPS) is 10.9. The highest BCUT2D eigenvalue weighted by atomic mass is 32.2. The number of aromatic nitrogens is 3. The number of nitrogens with zero attached hydrogens (tertiary/aromatic N) is 2. The van der Waals surface area contributed by atoms with Crippen LogP contribution in [-0.4, -0.2) is 26.8 Å². The van der Waals surface area contributed by atoms with Gasteiger partial charge in [0, 0.05) is 6.07 Å². The lowest BCUT2D eigenvalue weighted by Crippen LogP contribution is -2.14. The van der Waals surface area contributed by atoms with E-state index in [1.807, 2.05) is 29.0 Å². The fraction of sp³-hybridized carbons (Fsp3) is 0.0625. The minimum Gasteiger partial charge on any atom is -0.363 e. The van der Waals surface area contributed by atoms with Gasteiger partial charge in [-0.25, -0.2) is 4.98 Å². The van der Waals surface area contributed by atoms with E-state index < -0.39 is 0 Å². The highest BCUT2D eigenvalue weighted by Crippen LogP contribution is 2.36. The van der Waals surface area contributed by atoms with Gasteiger partial charge in [0.25, 0.3) is 0 Å². The van der Waals surface area contributed by atoms with E-state index in [1.54, 1.807) is 28.7 Å². The number of nitrogens with one attached hydrogen (secondary N) is 2. The standard InChI is InChI=1S/C16H12N4O2S3/c21-13(17-12-5-6-22-20-12)9-25-16-18-14(10-3-1-7-23-10)15(19-16)11-4-2-8-24-11/h1-8H,9H2,(H,18,19)(H,17,20,21). The first-order valence-corrected chi connectivity index (χ1v) is 10.0. The Labute approximate surface area is 155 Å². The van der Waals surface area contributed by atoms with Crippen LogP contribution in [-0.2, 0) is 4.79 Å². The zero-order valence-electron chi connectivity index (χ0n) is 12.8. The Balaban J connectivity index is 1.52. The van der Waals surface area contributed by atoms with Crippen LogP contribution >= 0.6 is 34.4 Å². The molecule has 0 spiro atoms. The van der Waals surface area contributed by atoms with Crippen LogP contribution in [0.2, 0.25) is 0 Å². The molecule has 0 aliphatic carbocycles. The van der Waals surface area contributed by atoms with Gasteiger partial charge in [-0.1, -0.05) is 29.1 Å². The van der Waals surface area contributed by atoms with E-state index in [-0.39, 0.29) is 11.7 Å². The quantitative estimate of drug-likeness (QED) is 0.472. The van der Waals surface area contributed by atoms with Gasteiger partial charge in [0.1, 0.15) is 12.0 Å². The van der Waals surface area contributed by atoms with Crippen LogP contribution in [0, 0.1) is 0 Å². The lowest BCUT2D eigenvalue weighted by molar-refractivity contribution is -0.113. The summed E-state index contributed by atoms with van der Waals surface area (Å²) in [6, 6.07) is 9.71. The van der Waals surface area contributed by atoms with Crippen molar-refractivity contribution < 1.29 is 9.32 Å². The smallest absolute Gasteiger partial charge is 0.236 e. The van der Waals surface area contributed by atoms with Crippen LogP contribution in [0.15, 0.2) is 57.0 Å². The molecular formula is C16H12N4O2S3. The van der Waals surface area contributed by atoms with Gasteiger partial charge in [0.15, 0.2) is 11.0 Å². The molecule has 4 aromatic rings. The summed E-state index contributed by atoms with van der Waals surface area (Å²) in [4.78, 5) is 22.2. The minimum absolute atomic E-state index is 0.161. The van der Waals surface area contributed by atoms with Crippen molar-refractivity contribution in [3.8, 4) is 21.1 Å². The fourth-order valence-corrected chi connectivity index (χ4v) is 4.32. The third kappa shape index (κ3) is 3.68. The molecule has 4 rings (SSSR count). The van der Waals surface area contributed by atoms with Crippen molar-refractivity contribution in [3.05, 3.63) is 47.4 Å². The van der Waals surface area contributed by atoms with E-state index in [2.05, 4.69) is 26.5 Å². The molecule has 4 heterocycles. The molecule has 0 saturated heterocycles. The molecular weight excluding hydrogens is 376 g/mol. The Morgan fingerprint density at radius 3 is 2.68 bits per heavy atom. The molecule has 0 bridgehead atoms. The second-order valence-corrected chi connectivity index (χ2v) is 7.80. The van der Waals surface area contributed by atoms with Gasteiger partial charge >= 0.3 is 0 Å². The molecule has 0 radical (unpaired) electrons. The lowest BCUT2D eigenvalue weighted by Gasteiger charge is -1.99. The molecule has 0 aliphatic rings. The van der Waals surface area contributed by atoms with Gasteiger partial charge in [-0.15, -0.1) is 22.7 Å². The summed E-state index contributed by atoms with van der Waals surface area (Å²) in [5.41, 5.74) is 1.90. The third-order valence-electron chi connectivity index (χ3n) is 3.25. The van der Waals surface area contributed by atoms with Crippen molar-refractivity contribution in [2.75, 3.05) is 11.1 Å². The number of hydrogen-bond acceptors (Lipinski definition) is 7. The largest absolute Gasteiger partial charge is 0.363 e. The first-order valence-electron chi connectivity index (χ1n) is 7.30. The zero-order chi connectivity index (χ0) is 17.1. The highest BCUT2D eigenvalue weighted by molar-refractivity contribution is 7.99. The van der Waals surface area contributed by atoms with E-state index in [0.717, 1.165) is 21.1 Å². The predicted octanol–water partition coefficient (Wildman–Crippen LogP) is 4.59. The number of rotatable bonds is 6. The number of H-pyrrole nitrogens is 1. The number of anilines is 1. The van der Waals surface area contributed by atoms with Gasteiger partial charge in [-0.3, -0.25) is 4.79 Å². The van der Waals surface area contributed by atoms with Gasteiger partial charge in [-0.05, 0) is 22.9 Å². The number of carbonyl (C=O) groups excluding carboxylic acids is 1. The van der Waals surface area contributed by atoms with Crippen molar-refractivity contribution in [1.29, 1.82) is 0 Å². The van der Waals surface area contributed by atoms with Crippen LogP contribution in [0.1, 0.15) is 0 Å². The van der Waals surface area contributed by atoms with E-state index >= 15 is 0 Å². The molecule has 9 heteroatoms. The van der Waals surface area contributed by atoms with Crippen LogP contribution in [0.3, 0.4) is 0 Å². The van der Waals surface area contributed by atoms with Crippen LogP contribution in [0.25, 0.3) is 21.1 Å². The molecule has 25 heavy (non-hydrogen) atoms. The Hall–Kier alpha value is -2.36. The predicted molar refractivity (Wildman–Crippen MR) is 101 cm³/mol. The van der Waals surface area contributed by atoms with E-state index in [9.17, 15) is 4.79 Å². The number of aromatic amines is 1. The Morgan fingerprint density at radius 1 is 1.20 bits per heavy atom. The molecule has 0 aromatic carbocycles. The van der Waals surface area contributed by atoms with Crippen LogP contribution in [0.5, 0.6) is 0 Å². The van der Waals surface area contributed by atoms with E-state index in [4.69, 9.17) is 4.52 Å². The summed E-state index contributed by atoms with van der Waals surface area (Å²) in [7, 11) is 0. The molecule has 6 nitrogen and oxygen atoms in total. The fourth-order valence-electron chi connectivity index (χ4n) is 2.20. The second-order valence-electron chi connectivity index (χ2n) is 4.94. The number of thiophene rings is 2. The summed E-state index contributed by atoms with van der Waals surface area (Å²) < 4.78 is 4.69. The Kier molecular flexibility index (Phi) is 4.68. The third-order valence-corrected chi connectivity index (χ3v) is 5.89. The molecule has 2 N–H and O–H groups in total. The zero-order valence-corrected chi connectivity index (χ0v) is 15.2.